The first-order valence-corrected chi connectivity index (χ1v) is 11.1. The van der Waals surface area contributed by atoms with Gasteiger partial charge in [0.1, 0.15) is 12.1 Å². The molecule has 1 amide bonds. The fourth-order valence-corrected chi connectivity index (χ4v) is 4.76. The number of aromatic nitrogens is 3. The maximum absolute atomic E-state index is 13.2. The molecule has 0 saturated carbocycles. The summed E-state index contributed by atoms with van der Waals surface area (Å²) in [5.41, 5.74) is 11.6. The standard InChI is InChI=1S/C26H19N5OS/c1-3-16-5-7-17(8-6-16)12-21-18-9-4-15(2)22(19(18)10-11-28-21)31-26(32)20-13-33-24-23(20)29-14-30-25(24)27/h1,4-11,13-14H,12H2,2H3,(H,31,32)(H2,27,29,30). The van der Waals surface area contributed by atoms with E-state index in [0.717, 1.165) is 38.8 Å². The highest BCUT2D eigenvalue weighted by Gasteiger charge is 2.18. The molecular weight excluding hydrogens is 430 g/mol. The molecule has 5 aromatic rings. The number of nitrogens with zero attached hydrogens (tertiary/aromatic N) is 3. The fourth-order valence-electron chi connectivity index (χ4n) is 3.85. The van der Waals surface area contributed by atoms with Crippen molar-refractivity contribution in [3.05, 3.63) is 88.3 Å². The number of benzene rings is 2. The molecule has 0 bridgehead atoms. The molecule has 0 spiro atoms. The summed E-state index contributed by atoms with van der Waals surface area (Å²) in [6.07, 6.45) is 9.27. The summed E-state index contributed by atoms with van der Waals surface area (Å²) < 4.78 is 0.708. The minimum Gasteiger partial charge on any atom is -0.382 e. The second-order valence-electron chi connectivity index (χ2n) is 7.67. The fraction of sp³-hybridized carbons (Fsp3) is 0.0769. The number of nitrogens with one attached hydrogen (secondary N) is 1. The van der Waals surface area contributed by atoms with Gasteiger partial charge < -0.3 is 11.1 Å². The van der Waals surface area contributed by atoms with Gasteiger partial charge in [0.15, 0.2) is 0 Å². The van der Waals surface area contributed by atoms with Crippen LogP contribution >= 0.6 is 11.3 Å². The largest absolute Gasteiger partial charge is 0.382 e. The molecule has 0 aliphatic carbocycles. The predicted octanol–water partition coefficient (Wildman–Crippen LogP) is 4.95. The Morgan fingerprint density at radius 3 is 2.70 bits per heavy atom. The van der Waals surface area contributed by atoms with Gasteiger partial charge in [-0.2, -0.15) is 0 Å². The third kappa shape index (κ3) is 3.77. The lowest BCUT2D eigenvalue weighted by atomic mass is 9.99. The SMILES string of the molecule is C#Cc1ccc(Cc2nccc3c(NC(=O)c4csc5c(N)ncnc45)c(C)ccc23)cc1. The van der Waals surface area contributed by atoms with Crippen LogP contribution in [0.5, 0.6) is 0 Å². The second-order valence-corrected chi connectivity index (χ2v) is 8.55. The van der Waals surface area contributed by atoms with Crippen molar-refractivity contribution >= 4 is 49.7 Å². The van der Waals surface area contributed by atoms with Crippen molar-refractivity contribution in [2.45, 2.75) is 13.3 Å². The van der Waals surface area contributed by atoms with Crippen LogP contribution in [0.1, 0.15) is 32.7 Å². The molecular formula is C26H19N5OS. The van der Waals surface area contributed by atoms with E-state index in [1.54, 1.807) is 11.6 Å². The van der Waals surface area contributed by atoms with E-state index < -0.39 is 0 Å². The van der Waals surface area contributed by atoms with Gasteiger partial charge in [0.2, 0.25) is 0 Å². The van der Waals surface area contributed by atoms with Gasteiger partial charge in [-0.15, -0.1) is 17.8 Å². The van der Waals surface area contributed by atoms with Gasteiger partial charge in [0.25, 0.3) is 5.91 Å². The number of thiophene rings is 1. The molecule has 3 heterocycles. The molecule has 33 heavy (non-hydrogen) atoms. The average Bonchev–Trinajstić information content (AvgIpc) is 3.27. The van der Waals surface area contributed by atoms with Crippen molar-refractivity contribution in [3.63, 3.8) is 0 Å². The first kappa shape index (κ1) is 20.6. The van der Waals surface area contributed by atoms with Crippen molar-refractivity contribution in [2.75, 3.05) is 11.1 Å². The second kappa shape index (κ2) is 8.34. The monoisotopic (exact) mass is 449 g/mol. The molecule has 0 saturated heterocycles. The zero-order valence-electron chi connectivity index (χ0n) is 17.8. The number of carbonyl (C=O) groups is 1. The first-order valence-electron chi connectivity index (χ1n) is 10.3. The van der Waals surface area contributed by atoms with Crippen LogP contribution in [0.2, 0.25) is 0 Å². The molecule has 0 radical (unpaired) electrons. The first-order chi connectivity index (χ1) is 16.0. The number of terminal acetylenes is 1. The summed E-state index contributed by atoms with van der Waals surface area (Å²) >= 11 is 1.36. The Morgan fingerprint density at radius 2 is 1.91 bits per heavy atom. The summed E-state index contributed by atoms with van der Waals surface area (Å²) in [6, 6.07) is 13.9. The Morgan fingerprint density at radius 1 is 1.09 bits per heavy atom. The Hall–Kier alpha value is -4.28. The van der Waals surface area contributed by atoms with Gasteiger partial charge in [0, 0.05) is 34.3 Å². The molecule has 160 valence electrons. The number of amides is 1. The lowest BCUT2D eigenvalue weighted by Crippen LogP contribution is -2.13. The van der Waals surface area contributed by atoms with E-state index in [1.807, 2.05) is 49.4 Å². The van der Waals surface area contributed by atoms with Crippen molar-refractivity contribution in [3.8, 4) is 12.3 Å². The van der Waals surface area contributed by atoms with E-state index in [0.29, 0.717) is 28.0 Å². The van der Waals surface area contributed by atoms with Gasteiger partial charge in [-0.3, -0.25) is 9.78 Å². The molecule has 7 heteroatoms. The van der Waals surface area contributed by atoms with Crippen LogP contribution in [0.4, 0.5) is 11.5 Å². The quantitative estimate of drug-likeness (QED) is 0.379. The number of fused-ring (bicyclic) bond motifs is 2. The number of anilines is 2. The van der Waals surface area contributed by atoms with Crippen LogP contribution in [0.15, 0.2) is 60.4 Å². The van der Waals surface area contributed by atoms with Gasteiger partial charge in [-0.1, -0.05) is 30.2 Å². The minimum absolute atomic E-state index is 0.238. The minimum atomic E-state index is -0.238. The van der Waals surface area contributed by atoms with Crippen LogP contribution in [0, 0.1) is 19.3 Å². The molecule has 2 aromatic carbocycles. The van der Waals surface area contributed by atoms with E-state index in [1.165, 1.54) is 17.7 Å². The lowest BCUT2D eigenvalue weighted by molar-refractivity contribution is 0.102. The third-order valence-corrected chi connectivity index (χ3v) is 6.58. The predicted molar refractivity (Wildman–Crippen MR) is 133 cm³/mol. The van der Waals surface area contributed by atoms with E-state index in [-0.39, 0.29) is 5.91 Å². The van der Waals surface area contributed by atoms with E-state index in [4.69, 9.17) is 12.2 Å². The Labute approximate surface area is 194 Å². The van der Waals surface area contributed by atoms with Gasteiger partial charge in [0.05, 0.1) is 27.2 Å². The Balaban J connectivity index is 1.52. The topological polar surface area (TPSA) is 93.8 Å². The Bertz CT molecular complexity index is 1560. The molecule has 0 aliphatic rings. The summed E-state index contributed by atoms with van der Waals surface area (Å²) in [5, 5.41) is 6.77. The number of carbonyl (C=O) groups excluding carboxylic acids is 1. The van der Waals surface area contributed by atoms with Crippen LogP contribution in [0.25, 0.3) is 21.0 Å². The number of hydrogen-bond acceptors (Lipinski definition) is 6. The number of nitrogens with two attached hydrogens (primary N) is 1. The summed E-state index contributed by atoms with van der Waals surface area (Å²) in [6.45, 7) is 1.97. The van der Waals surface area contributed by atoms with Crippen LogP contribution in [-0.2, 0) is 6.42 Å². The van der Waals surface area contributed by atoms with Gasteiger partial charge in [-0.05, 0) is 36.2 Å². The normalized spacial score (nSPS) is 10.9. The van der Waals surface area contributed by atoms with E-state index >= 15 is 0 Å². The van der Waals surface area contributed by atoms with Gasteiger partial charge in [-0.25, -0.2) is 9.97 Å². The van der Waals surface area contributed by atoms with Crippen molar-refractivity contribution < 1.29 is 4.79 Å². The summed E-state index contributed by atoms with van der Waals surface area (Å²) in [4.78, 5) is 26.1. The zero-order chi connectivity index (χ0) is 22.9. The Kier molecular flexibility index (Phi) is 5.21. The molecule has 6 nitrogen and oxygen atoms in total. The van der Waals surface area contributed by atoms with Gasteiger partial charge >= 0.3 is 0 Å². The van der Waals surface area contributed by atoms with Crippen molar-refractivity contribution in [2.24, 2.45) is 0 Å². The highest BCUT2D eigenvalue weighted by atomic mass is 32.1. The number of aryl methyl sites for hydroxylation is 1. The van der Waals surface area contributed by atoms with Crippen LogP contribution in [-0.4, -0.2) is 20.9 Å². The summed E-state index contributed by atoms with van der Waals surface area (Å²) in [5.74, 6) is 2.77. The molecule has 0 fully saturated rings. The smallest absolute Gasteiger partial charge is 0.258 e. The maximum atomic E-state index is 13.2. The van der Waals surface area contributed by atoms with Crippen molar-refractivity contribution in [1.82, 2.24) is 15.0 Å². The number of hydrogen-bond donors (Lipinski definition) is 2. The molecule has 0 unspecified atom stereocenters. The molecule has 3 N–H and O–H groups in total. The molecule has 0 aliphatic heterocycles. The van der Waals surface area contributed by atoms with E-state index in [9.17, 15) is 4.79 Å². The highest BCUT2D eigenvalue weighted by Crippen LogP contribution is 2.32. The van der Waals surface area contributed by atoms with Crippen LogP contribution in [0.3, 0.4) is 0 Å². The summed E-state index contributed by atoms with van der Waals surface area (Å²) in [7, 11) is 0. The van der Waals surface area contributed by atoms with E-state index in [2.05, 4.69) is 26.2 Å². The lowest BCUT2D eigenvalue weighted by Gasteiger charge is -2.14. The zero-order valence-corrected chi connectivity index (χ0v) is 18.6. The molecule has 0 atom stereocenters. The average molecular weight is 450 g/mol. The molecule has 5 rings (SSSR count). The third-order valence-electron chi connectivity index (χ3n) is 5.59. The van der Waals surface area contributed by atoms with Crippen LogP contribution < -0.4 is 11.1 Å². The number of nitrogen functional groups attached to an aromatic ring is 1. The highest BCUT2D eigenvalue weighted by molar-refractivity contribution is 7.18. The maximum Gasteiger partial charge on any atom is 0.258 e. The number of pyridine rings is 1. The number of rotatable bonds is 4. The molecule has 3 aromatic heterocycles. The van der Waals surface area contributed by atoms with Crippen molar-refractivity contribution in [1.29, 1.82) is 0 Å².